The lowest BCUT2D eigenvalue weighted by atomic mass is 10.2. The third-order valence-corrected chi connectivity index (χ3v) is 1.86. The van der Waals surface area contributed by atoms with Gasteiger partial charge in [-0.1, -0.05) is 17.7 Å². The van der Waals surface area contributed by atoms with Crippen molar-refractivity contribution in [3.8, 4) is 0 Å². The Kier molecular flexibility index (Phi) is 2.90. The van der Waals surface area contributed by atoms with Crippen LogP contribution >= 0.6 is 0 Å². The fourth-order valence-electron chi connectivity index (χ4n) is 0.971. The first kappa shape index (κ1) is 9.58. The van der Waals surface area contributed by atoms with Gasteiger partial charge in [0.15, 0.2) is 0 Å². The molecule has 3 heteroatoms. The minimum absolute atomic E-state index is 0.331. The molecule has 70 valence electrons. The molecule has 1 aromatic carbocycles. The highest BCUT2D eigenvalue weighted by atomic mass is 16.1. The van der Waals surface area contributed by atoms with Gasteiger partial charge in [0.05, 0.1) is 0 Å². The Bertz CT molecular complexity index is 292. The standard InChI is InChI=1S/C10H14N2O/c1-7-3-5-9(6-4-7)12-8(2)10(11)13/h3-6,8,12H,1-2H3,(H2,11,13). The van der Waals surface area contributed by atoms with Crippen LogP contribution in [0.3, 0.4) is 0 Å². The molecule has 3 nitrogen and oxygen atoms in total. The molecule has 0 aliphatic carbocycles. The number of benzene rings is 1. The average molecular weight is 178 g/mol. The molecule has 0 saturated heterocycles. The number of amides is 1. The van der Waals surface area contributed by atoms with Crippen LogP contribution in [0.4, 0.5) is 5.69 Å². The fourth-order valence-corrected chi connectivity index (χ4v) is 0.971. The van der Waals surface area contributed by atoms with Gasteiger partial charge in [-0.2, -0.15) is 0 Å². The summed E-state index contributed by atoms with van der Waals surface area (Å²) in [5.41, 5.74) is 7.22. The molecule has 3 N–H and O–H groups in total. The van der Waals surface area contributed by atoms with E-state index in [1.807, 2.05) is 31.2 Å². The number of hydrogen-bond donors (Lipinski definition) is 2. The van der Waals surface area contributed by atoms with Crippen molar-refractivity contribution in [2.75, 3.05) is 5.32 Å². The van der Waals surface area contributed by atoms with Gasteiger partial charge in [-0.3, -0.25) is 4.79 Å². The third kappa shape index (κ3) is 2.78. The van der Waals surface area contributed by atoms with Crippen LogP contribution in [-0.2, 0) is 4.79 Å². The summed E-state index contributed by atoms with van der Waals surface area (Å²) >= 11 is 0. The zero-order valence-electron chi connectivity index (χ0n) is 7.87. The Balaban J connectivity index is 2.64. The Morgan fingerprint density at radius 1 is 1.38 bits per heavy atom. The average Bonchev–Trinajstić information content (AvgIpc) is 2.08. The van der Waals surface area contributed by atoms with Crippen LogP contribution in [0, 0.1) is 6.92 Å². The first-order valence-electron chi connectivity index (χ1n) is 4.22. The van der Waals surface area contributed by atoms with Crippen molar-refractivity contribution in [1.29, 1.82) is 0 Å². The van der Waals surface area contributed by atoms with Crippen molar-refractivity contribution < 1.29 is 4.79 Å². The van der Waals surface area contributed by atoms with Crippen molar-refractivity contribution >= 4 is 11.6 Å². The molecule has 1 unspecified atom stereocenters. The largest absolute Gasteiger partial charge is 0.374 e. The minimum atomic E-state index is -0.347. The highest BCUT2D eigenvalue weighted by Crippen LogP contribution is 2.09. The minimum Gasteiger partial charge on any atom is -0.374 e. The van der Waals surface area contributed by atoms with Crippen LogP contribution in [0.15, 0.2) is 24.3 Å². The lowest BCUT2D eigenvalue weighted by molar-refractivity contribution is -0.118. The third-order valence-electron chi connectivity index (χ3n) is 1.86. The number of hydrogen-bond acceptors (Lipinski definition) is 2. The van der Waals surface area contributed by atoms with Gasteiger partial charge in [-0.05, 0) is 26.0 Å². The molecule has 0 aliphatic rings. The van der Waals surface area contributed by atoms with E-state index in [-0.39, 0.29) is 11.9 Å². The molecule has 13 heavy (non-hydrogen) atoms. The second-order valence-corrected chi connectivity index (χ2v) is 3.13. The maximum atomic E-state index is 10.7. The van der Waals surface area contributed by atoms with E-state index >= 15 is 0 Å². The molecule has 1 amide bonds. The van der Waals surface area contributed by atoms with Crippen molar-refractivity contribution in [2.24, 2.45) is 5.73 Å². The van der Waals surface area contributed by atoms with E-state index < -0.39 is 0 Å². The summed E-state index contributed by atoms with van der Waals surface area (Å²) in [6.45, 7) is 3.75. The number of aryl methyl sites for hydroxylation is 1. The molecule has 0 aliphatic heterocycles. The first-order valence-corrected chi connectivity index (χ1v) is 4.22. The Morgan fingerprint density at radius 2 is 1.92 bits per heavy atom. The predicted octanol–water partition coefficient (Wildman–Crippen LogP) is 1.28. The second kappa shape index (κ2) is 3.94. The van der Waals surface area contributed by atoms with Crippen molar-refractivity contribution in [3.05, 3.63) is 29.8 Å². The lowest BCUT2D eigenvalue weighted by Crippen LogP contribution is -2.32. The normalized spacial score (nSPS) is 12.2. The molecule has 0 bridgehead atoms. The van der Waals surface area contributed by atoms with E-state index in [1.165, 1.54) is 5.56 Å². The molecule has 0 aromatic heterocycles. The first-order chi connectivity index (χ1) is 6.09. The van der Waals surface area contributed by atoms with Crippen LogP contribution in [0.5, 0.6) is 0 Å². The van der Waals surface area contributed by atoms with Gasteiger partial charge in [0, 0.05) is 5.69 Å². The quantitative estimate of drug-likeness (QED) is 0.732. The van der Waals surface area contributed by atoms with E-state index in [4.69, 9.17) is 5.73 Å². The van der Waals surface area contributed by atoms with E-state index in [9.17, 15) is 4.79 Å². The van der Waals surface area contributed by atoms with E-state index in [0.717, 1.165) is 5.69 Å². The Labute approximate surface area is 77.9 Å². The SMILES string of the molecule is Cc1ccc(NC(C)C(N)=O)cc1. The molecule has 1 aromatic rings. The van der Waals surface area contributed by atoms with Gasteiger partial charge in [-0.15, -0.1) is 0 Å². The smallest absolute Gasteiger partial charge is 0.239 e. The van der Waals surface area contributed by atoms with Gasteiger partial charge in [-0.25, -0.2) is 0 Å². The van der Waals surface area contributed by atoms with Crippen LogP contribution in [0.1, 0.15) is 12.5 Å². The maximum Gasteiger partial charge on any atom is 0.239 e. The Morgan fingerprint density at radius 3 is 2.38 bits per heavy atom. The fraction of sp³-hybridized carbons (Fsp3) is 0.300. The van der Waals surface area contributed by atoms with Crippen LogP contribution in [0.2, 0.25) is 0 Å². The molecule has 0 heterocycles. The van der Waals surface area contributed by atoms with Gasteiger partial charge in [0.25, 0.3) is 0 Å². The predicted molar refractivity (Wildman–Crippen MR) is 53.5 cm³/mol. The summed E-state index contributed by atoms with van der Waals surface area (Å²) in [5.74, 6) is -0.347. The number of primary amides is 1. The number of nitrogens with two attached hydrogens (primary N) is 1. The number of carbonyl (C=O) groups excluding carboxylic acids is 1. The van der Waals surface area contributed by atoms with Crippen LogP contribution in [0.25, 0.3) is 0 Å². The number of rotatable bonds is 3. The molecule has 0 spiro atoms. The van der Waals surface area contributed by atoms with Crippen molar-refractivity contribution in [3.63, 3.8) is 0 Å². The molecule has 1 rings (SSSR count). The van der Waals surface area contributed by atoms with Gasteiger partial charge in [0.2, 0.25) is 5.91 Å². The van der Waals surface area contributed by atoms with Gasteiger partial charge >= 0.3 is 0 Å². The zero-order valence-corrected chi connectivity index (χ0v) is 7.87. The van der Waals surface area contributed by atoms with Gasteiger partial charge < -0.3 is 11.1 Å². The molecule has 0 radical (unpaired) electrons. The summed E-state index contributed by atoms with van der Waals surface area (Å²) in [4.78, 5) is 10.7. The van der Waals surface area contributed by atoms with Crippen LogP contribution < -0.4 is 11.1 Å². The van der Waals surface area contributed by atoms with E-state index in [1.54, 1.807) is 6.92 Å². The van der Waals surface area contributed by atoms with Crippen molar-refractivity contribution in [1.82, 2.24) is 0 Å². The summed E-state index contributed by atoms with van der Waals surface area (Å²) in [6.07, 6.45) is 0. The van der Waals surface area contributed by atoms with Gasteiger partial charge in [0.1, 0.15) is 6.04 Å². The monoisotopic (exact) mass is 178 g/mol. The van der Waals surface area contributed by atoms with Crippen molar-refractivity contribution in [2.45, 2.75) is 19.9 Å². The van der Waals surface area contributed by atoms with E-state index in [0.29, 0.717) is 0 Å². The number of anilines is 1. The highest BCUT2D eigenvalue weighted by Gasteiger charge is 2.06. The summed E-state index contributed by atoms with van der Waals surface area (Å²) in [6, 6.07) is 7.48. The molecular weight excluding hydrogens is 164 g/mol. The summed E-state index contributed by atoms with van der Waals surface area (Å²) in [7, 11) is 0. The highest BCUT2D eigenvalue weighted by molar-refractivity contribution is 5.82. The second-order valence-electron chi connectivity index (χ2n) is 3.13. The number of nitrogens with one attached hydrogen (secondary N) is 1. The zero-order chi connectivity index (χ0) is 9.84. The molecule has 0 fully saturated rings. The lowest BCUT2D eigenvalue weighted by Gasteiger charge is -2.11. The molecule has 1 atom stereocenters. The topological polar surface area (TPSA) is 55.1 Å². The summed E-state index contributed by atoms with van der Waals surface area (Å²) < 4.78 is 0. The molecule has 0 saturated carbocycles. The Hall–Kier alpha value is -1.51. The maximum absolute atomic E-state index is 10.7. The number of carbonyl (C=O) groups is 1. The molecular formula is C10H14N2O. The van der Waals surface area contributed by atoms with Crippen LogP contribution in [-0.4, -0.2) is 11.9 Å². The summed E-state index contributed by atoms with van der Waals surface area (Å²) in [5, 5.41) is 2.99. The van der Waals surface area contributed by atoms with E-state index in [2.05, 4.69) is 5.32 Å².